The van der Waals surface area contributed by atoms with Crippen LogP contribution in [0.4, 0.5) is 5.82 Å². The van der Waals surface area contributed by atoms with Gasteiger partial charge in [0.2, 0.25) is 0 Å². The van der Waals surface area contributed by atoms with Crippen molar-refractivity contribution in [1.82, 2.24) is 9.55 Å². The van der Waals surface area contributed by atoms with Crippen molar-refractivity contribution in [3.8, 4) is 6.01 Å². The second kappa shape index (κ2) is 2.99. The van der Waals surface area contributed by atoms with Crippen molar-refractivity contribution in [3.05, 3.63) is 16.3 Å². The Bertz CT molecular complexity index is 318. The number of nitrogens with zero attached hydrogens (tertiary/aromatic N) is 3. The number of hydrogen-bond donors (Lipinski definition) is 0. The first-order valence-electron chi connectivity index (χ1n) is 2.93. The quantitative estimate of drug-likeness (QED) is 0.359. The molecule has 0 saturated carbocycles. The number of imidazole rings is 1. The van der Waals surface area contributed by atoms with E-state index < -0.39 is 4.92 Å². The molecular formula is C5H5N3O4. The van der Waals surface area contributed by atoms with Gasteiger partial charge in [-0.25, -0.2) is 0 Å². The van der Waals surface area contributed by atoms with E-state index >= 15 is 0 Å². The van der Waals surface area contributed by atoms with Crippen molar-refractivity contribution in [2.24, 2.45) is 7.05 Å². The molecule has 0 bridgehead atoms. The van der Waals surface area contributed by atoms with Gasteiger partial charge in [0.25, 0.3) is 0 Å². The highest BCUT2D eigenvalue weighted by Gasteiger charge is 2.16. The van der Waals surface area contributed by atoms with Crippen molar-refractivity contribution in [1.29, 1.82) is 0 Å². The topological polar surface area (TPSA) is 87.3 Å². The van der Waals surface area contributed by atoms with Crippen molar-refractivity contribution >= 4 is 12.3 Å². The summed E-state index contributed by atoms with van der Waals surface area (Å²) in [6.45, 7) is 0.159. The van der Waals surface area contributed by atoms with E-state index in [1.54, 1.807) is 0 Å². The second-order valence-electron chi connectivity index (χ2n) is 1.93. The molecule has 1 aromatic heterocycles. The lowest BCUT2D eigenvalue weighted by Crippen LogP contribution is -2.00. The van der Waals surface area contributed by atoms with Gasteiger partial charge in [0, 0.05) is 0 Å². The van der Waals surface area contributed by atoms with E-state index in [-0.39, 0.29) is 18.3 Å². The maximum atomic E-state index is 10.2. The summed E-state index contributed by atoms with van der Waals surface area (Å²) in [4.78, 5) is 23.0. The third-order valence-electron chi connectivity index (χ3n) is 1.26. The molecule has 0 N–H and O–H groups in total. The number of aromatic nitrogens is 2. The minimum Gasteiger partial charge on any atom is -0.376 e. The molecule has 0 amide bonds. The van der Waals surface area contributed by atoms with Gasteiger partial charge in [0.05, 0.1) is 7.05 Å². The standard InChI is InChI=1S/C5H5N3O4/c1-7-4(8(10)11)2-6-5(7)12-3-9/h2-3H,1H3. The van der Waals surface area contributed by atoms with E-state index in [1.807, 2.05) is 0 Å². The number of hydrogen-bond acceptors (Lipinski definition) is 5. The Labute approximate surface area is 66.7 Å². The minimum atomic E-state index is -0.620. The molecule has 7 nitrogen and oxygen atoms in total. The fraction of sp³-hybridized carbons (Fsp3) is 0.200. The molecule has 1 rings (SSSR count). The van der Waals surface area contributed by atoms with Crippen LogP contribution in [0.2, 0.25) is 0 Å². The van der Waals surface area contributed by atoms with Crippen molar-refractivity contribution in [2.45, 2.75) is 0 Å². The largest absolute Gasteiger partial charge is 0.398 e. The molecular weight excluding hydrogens is 166 g/mol. The van der Waals surface area contributed by atoms with E-state index in [2.05, 4.69) is 9.72 Å². The van der Waals surface area contributed by atoms with E-state index in [0.717, 1.165) is 10.8 Å². The molecule has 0 aliphatic carbocycles. The monoisotopic (exact) mass is 171 g/mol. The highest BCUT2D eigenvalue weighted by Crippen LogP contribution is 2.16. The lowest BCUT2D eigenvalue weighted by atomic mass is 10.8. The summed E-state index contributed by atoms with van der Waals surface area (Å²) in [7, 11) is 1.38. The Balaban J connectivity index is 3.03. The van der Waals surface area contributed by atoms with Gasteiger partial charge in [0.1, 0.15) is 6.20 Å². The molecule has 0 aromatic carbocycles. The number of carbonyl (C=O) groups is 1. The SMILES string of the molecule is Cn1c([N+](=O)[O-])cnc1OC=O. The zero-order valence-corrected chi connectivity index (χ0v) is 6.13. The third-order valence-corrected chi connectivity index (χ3v) is 1.26. The summed E-state index contributed by atoms with van der Waals surface area (Å²) >= 11 is 0. The fourth-order valence-corrected chi connectivity index (χ4v) is 0.706. The van der Waals surface area contributed by atoms with Gasteiger partial charge in [-0.3, -0.25) is 4.79 Å². The van der Waals surface area contributed by atoms with Crippen LogP contribution in [0.5, 0.6) is 6.01 Å². The van der Waals surface area contributed by atoms with Crippen LogP contribution in [-0.2, 0) is 11.8 Å². The van der Waals surface area contributed by atoms with Crippen LogP contribution in [0.15, 0.2) is 6.20 Å². The van der Waals surface area contributed by atoms with Crippen LogP contribution in [0.3, 0.4) is 0 Å². The fourth-order valence-electron chi connectivity index (χ4n) is 0.706. The molecule has 0 unspecified atom stereocenters. The maximum Gasteiger partial charge on any atom is 0.398 e. The maximum absolute atomic E-state index is 10.2. The molecule has 1 heterocycles. The molecule has 0 radical (unpaired) electrons. The Kier molecular flexibility index (Phi) is 2.04. The number of nitro groups is 1. The predicted octanol–water partition coefficient (Wildman–Crippen LogP) is -0.137. The summed E-state index contributed by atoms with van der Waals surface area (Å²) < 4.78 is 5.40. The Morgan fingerprint density at radius 2 is 2.50 bits per heavy atom. The zero-order chi connectivity index (χ0) is 9.14. The van der Waals surface area contributed by atoms with Crippen LogP contribution in [-0.4, -0.2) is 20.9 Å². The lowest BCUT2D eigenvalue weighted by molar-refractivity contribution is -0.391. The molecule has 0 fully saturated rings. The van der Waals surface area contributed by atoms with Crippen molar-refractivity contribution < 1.29 is 14.5 Å². The van der Waals surface area contributed by atoms with Gasteiger partial charge in [-0.05, 0) is 4.92 Å². The average molecular weight is 171 g/mol. The first kappa shape index (κ1) is 8.18. The summed E-state index contributed by atoms with van der Waals surface area (Å²) in [6.07, 6.45) is 1.01. The predicted molar refractivity (Wildman–Crippen MR) is 36.6 cm³/mol. The Morgan fingerprint density at radius 1 is 1.83 bits per heavy atom. The molecule has 0 saturated heterocycles. The van der Waals surface area contributed by atoms with Crippen LogP contribution < -0.4 is 4.74 Å². The van der Waals surface area contributed by atoms with E-state index in [1.165, 1.54) is 7.05 Å². The van der Waals surface area contributed by atoms with Crippen LogP contribution >= 0.6 is 0 Å². The highest BCUT2D eigenvalue weighted by molar-refractivity contribution is 5.42. The van der Waals surface area contributed by atoms with Crippen LogP contribution in [0.1, 0.15) is 0 Å². The van der Waals surface area contributed by atoms with E-state index in [4.69, 9.17) is 0 Å². The molecule has 64 valence electrons. The molecule has 1 aromatic rings. The van der Waals surface area contributed by atoms with Gasteiger partial charge < -0.3 is 14.9 Å². The smallest absolute Gasteiger partial charge is 0.376 e. The van der Waals surface area contributed by atoms with Gasteiger partial charge in [0.15, 0.2) is 0 Å². The zero-order valence-electron chi connectivity index (χ0n) is 6.13. The van der Waals surface area contributed by atoms with E-state index in [9.17, 15) is 14.9 Å². The second-order valence-corrected chi connectivity index (χ2v) is 1.93. The van der Waals surface area contributed by atoms with Crippen LogP contribution in [0, 0.1) is 10.1 Å². The molecule has 0 aliphatic rings. The highest BCUT2D eigenvalue weighted by atomic mass is 16.6. The molecule has 7 heteroatoms. The average Bonchev–Trinajstić information content (AvgIpc) is 2.34. The summed E-state index contributed by atoms with van der Waals surface area (Å²) in [6, 6.07) is -0.100. The van der Waals surface area contributed by atoms with Gasteiger partial charge in [-0.15, -0.1) is 0 Å². The van der Waals surface area contributed by atoms with Crippen molar-refractivity contribution in [3.63, 3.8) is 0 Å². The van der Waals surface area contributed by atoms with Gasteiger partial charge in [-0.1, -0.05) is 0 Å². The first-order valence-corrected chi connectivity index (χ1v) is 2.93. The van der Waals surface area contributed by atoms with Crippen LogP contribution in [0.25, 0.3) is 0 Å². The first-order chi connectivity index (χ1) is 5.66. The lowest BCUT2D eigenvalue weighted by Gasteiger charge is -1.93. The molecule has 0 atom stereocenters. The minimum absolute atomic E-state index is 0.100. The third kappa shape index (κ3) is 1.24. The Morgan fingerprint density at radius 3 is 2.92 bits per heavy atom. The van der Waals surface area contributed by atoms with Crippen molar-refractivity contribution in [2.75, 3.05) is 0 Å². The Hall–Kier alpha value is -1.92. The summed E-state index contributed by atoms with van der Waals surface area (Å²) in [5.74, 6) is -0.230. The van der Waals surface area contributed by atoms with Gasteiger partial charge in [-0.2, -0.15) is 9.55 Å². The molecule has 12 heavy (non-hydrogen) atoms. The normalized spacial score (nSPS) is 9.42. The number of rotatable bonds is 3. The summed E-state index contributed by atoms with van der Waals surface area (Å²) in [5, 5.41) is 10.2. The number of carbonyl (C=O) groups excluding carboxylic acids is 1. The van der Waals surface area contributed by atoms with Gasteiger partial charge >= 0.3 is 18.3 Å². The number of ether oxygens (including phenoxy) is 1. The molecule has 0 spiro atoms. The summed E-state index contributed by atoms with van der Waals surface area (Å²) in [5.41, 5.74) is 0. The molecule has 0 aliphatic heterocycles. The van der Waals surface area contributed by atoms with E-state index in [0.29, 0.717) is 0 Å².